The minimum Gasteiger partial charge on any atom is -0.378 e. The molecule has 3 aliphatic rings. The summed E-state index contributed by atoms with van der Waals surface area (Å²) in [6.07, 6.45) is 24.6. The highest BCUT2D eigenvalue weighted by atomic mass is 16.6. The van der Waals surface area contributed by atoms with Crippen LogP contribution in [0.25, 0.3) is 0 Å². The maximum absolute atomic E-state index is 11.7. The molecule has 0 heterocycles. The maximum atomic E-state index is 11.7. The van der Waals surface area contributed by atoms with Gasteiger partial charge in [-0.05, 0) is 88.4 Å². The summed E-state index contributed by atoms with van der Waals surface area (Å²) in [5, 5.41) is 11.7. The normalized spacial score (nSPS) is 31.7. The first kappa shape index (κ1) is 33.4. The molecule has 0 aromatic heterocycles. The zero-order valence-corrected chi connectivity index (χ0v) is 26.3. The second-order valence-corrected chi connectivity index (χ2v) is 13.5. The summed E-state index contributed by atoms with van der Waals surface area (Å²) in [6, 6.07) is -0.604. The number of nitro groups is 1. The SMILES string of the molecule is CCCCCCCCCCOC1CCC(C2CCC(C#CC3CCC(OCC(C)CC)C([N+](=O)[O-])C3)CC2)CC1. The van der Waals surface area contributed by atoms with Crippen LogP contribution >= 0.6 is 0 Å². The molecule has 5 heteroatoms. The highest BCUT2D eigenvalue weighted by Crippen LogP contribution is 2.40. The number of rotatable bonds is 16. The fraction of sp³-hybridized carbons (Fsp3) is 0.943. The highest BCUT2D eigenvalue weighted by molar-refractivity contribution is 5.10. The topological polar surface area (TPSA) is 61.6 Å². The molecule has 230 valence electrons. The monoisotopic (exact) mass is 559 g/mol. The van der Waals surface area contributed by atoms with Crippen LogP contribution in [-0.2, 0) is 9.47 Å². The van der Waals surface area contributed by atoms with E-state index in [0.717, 1.165) is 37.7 Å². The Morgan fingerprint density at radius 3 is 1.95 bits per heavy atom. The molecular weight excluding hydrogens is 498 g/mol. The number of hydrogen-bond donors (Lipinski definition) is 0. The van der Waals surface area contributed by atoms with Gasteiger partial charge >= 0.3 is 0 Å². The van der Waals surface area contributed by atoms with Gasteiger partial charge in [-0.1, -0.05) is 84.0 Å². The molecule has 0 N–H and O–H groups in total. The molecule has 4 atom stereocenters. The van der Waals surface area contributed by atoms with E-state index in [2.05, 4.69) is 32.6 Å². The Kier molecular flexibility index (Phi) is 16.0. The molecule has 0 aromatic carbocycles. The van der Waals surface area contributed by atoms with E-state index >= 15 is 0 Å². The van der Waals surface area contributed by atoms with Crippen molar-refractivity contribution in [3.63, 3.8) is 0 Å². The Balaban J connectivity index is 1.27. The summed E-state index contributed by atoms with van der Waals surface area (Å²) in [5.41, 5.74) is 0. The molecule has 0 saturated heterocycles. The molecule has 5 nitrogen and oxygen atoms in total. The maximum Gasteiger partial charge on any atom is 0.240 e. The molecule has 0 radical (unpaired) electrons. The Labute approximate surface area is 246 Å². The van der Waals surface area contributed by atoms with Gasteiger partial charge in [-0.25, -0.2) is 0 Å². The Hall–Kier alpha value is -1.12. The third-order valence-corrected chi connectivity index (χ3v) is 10.3. The summed E-state index contributed by atoms with van der Waals surface area (Å²) >= 11 is 0. The zero-order valence-electron chi connectivity index (χ0n) is 26.3. The van der Waals surface area contributed by atoms with E-state index in [1.54, 1.807) is 0 Å². The van der Waals surface area contributed by atoms with Crippen molar-refractivity contribution in [3.05, 3.63) is 10.1 Å². The van der Waals surface area contributed by atoms with Crippen LogP contribution in [0.2, 0.25) is 0 Å². The van der Waals surface area contributed by atoms with Gasteiger partial charge < -0.3 is 9.47 Å². The largest absolute Gasteiger partial charge is 0.378 e. The van der Waals surface area contributed by atoms with E-state index in [1.807, 2.05) is 0 Å². The first-order valence-corrected chi connectivity index (χ1v) is 17.4. The predicted octanol–water partition coefficient (Wildman–Crippen LogP) is 9.39. The fourth-order valence-corrected chi connectivity index (χ4v) is 7.26. The fourth-order valence-electron chi connectivity index (χ4n) is 7.26. The van der Waals surface area contributed by atoms with E-state index in [-0.39, 0.29) is 16.9 Å². The molecule has 0 bridgehead atoms. The van der Waals surface area contributed by atoms with Crippen LogP contribution < -0.4 is 0 Å². The van der Waals surface area contributed by atoms with Crippen LogP contribution in [-0.4, -0.2) is 36.4 Å². The number of nitrogens with zero attached hydrogens (tertiary/aromatic N) is 1. The molecular formula is C35H61NO4. The van der Waals surface area contributed by atoms with Crippen molar-refractivity contribution < 1.29 is 14.4 Å². The summed E-state index contributed by atoms with van der Waals surface area (Å²) < 4.78 is 12.2. The minimum atomic E-state index is -0.604. The van der Waals surface area contributed by atoms with Crippen LogP contribution in [0, 0.1) is 51.5 Å². The van der Waals surface area contributed by atoms with E-state index in [0.29, 0.717) is 31.0 Å². The lowest BCUT2D eigenvalue weighted by Gasteiger charge is -2.37. The molecule has 0 aliphatic heterocycles. The molecule has 3 aliphatic carbocycles. The number of hydrogen-bond acceptors (Lipinski definition) is 4. The van der Waals surface area contributed by atoms with Crippen molar-refractivity contribution >= 4 is 0 Å². The number of ether oxygens (including phenoxy) is 2. The second kappa shape index (κ2) is 19.1. The smallest absolute Gasteiger partial charge is 0.240 e. The summed E-state index contributed by atoms with van der Waals surface area (Å²) in [5.74, 6) is 9.89. The van der Waals surface area contributed by atoms with Crippen LogP contribution in [0.4, 0.5) is 0 Å². The molecule has 3 fully saturated rings. The lowest BCUT2D eigenvalue weighted by molar-refractivity contribution is -0.540. The third kappa shape index (κ3) is 12.0. The van der Waals surface area contributed by atoms with Gasteiger partial charge in [-0.3, -0.25) is 10.1 Å². The summed E-state index contributed by atoms with van der Waals surface area (Å²) in [6.45, 7) is 8.15. The Morgan fingerprint density at radius 1 is 0.750 bits per heavy atom. The van der Waals surface area contributed by atoms with Crippen molar-refractivity contribution in [1.29, 1.82) is 0 Å². The standard InChI is InChI=1S/C35H61NO4/c1-4-6-7-8-9-10-11-12-25-39-33-22-20-32(21-23-33)31-18-15-29(16-19-31)13-14-30-17-24-35(34(26-30)36(37)38)40-27-28(3)5-2/h28-35H,4-12,15-27H2,1-3H3. The van der Waals surface area contributed by atoms with Crippen molar-refractivity contribution in [2.45, 2.75) is 167 Å². The van der Waals surface area contributed by atoms with Gasteiger partial charge in [0, 0.05) is 36.4 Å². The van der Waals surface area contributed by atoms with Gasteiger partial charge in [-0.2, -0.15) is 0 Å². The van der Waals surface area contributed by atoms with Crippen LogP contribution in [0.5, 0.6) is 0 Å². The van der Waals surface area contributed by atoms with Gasteiger partial charge in [0.1, 0.15) is 6.10 Å². The minimum absolute atomic E-state index is 0.115. The van der Waals surface area contributed by atoms with E-state index in [9.17, 15) is 10.1 Å². The lowest BCUT2D eigenvalue weighted by Crippen LogP contribution is -2.41. The zero-order chi connectivity index (χ0) is 28.6. The molecule has 0 spiro atoms. The van der Waals surface area contributed by atoms with Gasteiger partial charge in [0.05, 0.1) is 6.10 Å². The summed E-state index contributed by atoms with van der Waals surface area (Å²) in [4.78, 5) is 11.6. The quantitative estimate of drug-likeness (QED) is 0.0818. The van der Waals surface area contributed by atoms with Crippen LogP contribution in [0.3, 0.4) is 0 Å². The first-order chi connectivity index (χ1) is 19.5. The molecule has 4 unspecified atom stereocenters. The Bertz CT molecular complexity index is 744. The van der Waals surface area contributed by atoms with Crippen LogP contribution in [0.1, 0.15) is 149 Å². The molecule has 0 aromatic rings. The average molecular weight is 560 g/mol. The van der Waals surface area contributed by atoms with Crippen molar-refractivity contribution in [2.24, 2.45) is 29.6 Å². The van der Waals surface area contributed by atoms with Gasteiger partial charge in [-0.15, -0.1) is 0 Å². The van der Waals surface area contributed by atoms with Crippen molar-refractivity contribution in [2.75, 3.05) is 13.2 Å². The molecule has 40 heavy (non-hydrogen) atoms. The van der Waals surface area contributed by atoms with Gasteiger partial charge in [0.25, 0.3) is 0 Å². The second-order valence-electron chi connectivity index (χ2n) is 13.5. The van der Waals surface area contributed by atoms with E-state index in [1.165, 1.54) is 103 Å². The lowest BCUT2D eigenvalue weighted by atomic mass is 9.70. The molecule has 3 saturated carbocycles. The molecule has 0 amide bonds. The van der Waals surface area contributed by atoms with E-state index in [4.69, 9.17) is 9.47 Å². The van der Waals surface area contributed by atoms with Crippen LogP contribution in [0.15, 0.2) is 0 Å². The van der Waals surface area contributed by atoms with E-state index < -0.39 is 6.04 Å². The van der Waals surface area contributed by atoms with Crippen molar-refractivity contribution in [3.8, 4) is 11.8 Å². The molecule has 3 rings (SSSR count). The van der Waals surface area contributed by atoms with Gasteiger partial charge in [0.2, 0.25) is 6.04 Å². The average Bonchev–Trinajstić information content (AvgIpc) is 2.98. The third-order valence-electron chi connectivity index (χ3n) is 10.3. The highest BCUT2D eigenvalue weighted by Gasteiger charge is 2.39. The van der Waals surface area contributed by atoms with Gasteiger partial charge in [0.15, 0.2) is 0 Å². The predicted molar refractivity (Wildman–Crippen MR) is 165 cm³/mol. The number of unbranched alkanes of at least 4 members (excludes halogenated alkanes) is 7. The Morgan fingerprint density at radius 2 is 1.32 bits per heavy atom. The summed E-state index contributed by atoms with van der Waals surface area (Å²) in [7, 11) is 0. The van der Waals surface area contributed by atoms with Crippen molar-refractivity contribution in [1.82, 2.24) is 0 Å². The first-order valence-electron chi connectivity index (χ1n) is 17.4.